The first kappa shape index (κ1) is 12.0. The zero-order valence-electron chi connectivity index (χ0n) is 8.42. The standard InChI is InChI=1S/C10H13BrN2O2/c1-2-15-10(14)6-7-3-4-9(13-12)8(11)5-7/h3-5,13H,2,6,12H2,1H3. The molecule has 0 fully saturated rings. The fourth-order valence-corrected chi connectivity index (χ4v) is 1.70. The Bertz CT molecular complexity index is 355. The van der Waals surface area contributed by atoms with Crippen molar-refractivity contribution in [2.24, 2.45) is 5.84 Å². The highest BCUT2D eigenvalue weighted by Gasteiger charge is 2.05. The van der Waals surface area contributed by atoms with E-state index in [0.29, 0.717) is 6.61 Å². The topological polar surface area (TPSA) is 64.3 Å². The lowest BCUT2D eigenvalue weighted by Crippen LogP contribution is -2.09. The van der Waals surface area contributed by atoms with Crippen LogP contribution in [0.15, 0.2) is 22.7 Å². The lowest BCUT2D eigenvalue weighted by atomic mass is 10.1. The SMILES string of the molecule is CCOC(=O)Cc1ccc(NN)c(Br)c1. The number of carbonyl (C=O) groups is 1. The molecule has 0 unspecified atom stereocenters. The molecule has 0 spiro atoms. The fraction of sp³-hybridized carbons (Fsp3) is 0.300. The molecule has 0 amide bonds. The first-order valence-corrected chi connectivity index (χ1v) is 5.37. The van der Waals surface area contributed by atoms with Gasteiger partial charge in [-0.1, -0.05) is 6.07 Å². The van der Waals surface area contributed by atoms with Crippen LogP contribution in [0, 0.1) is 0 Å². The molecule has 15 heavy (non-hydrogen) atoms. The van der Waals surface area contributed by atoms with Gasteiger partial charge in [0.25, 0.3) is 0 Å². The summed E-state index contributed by atoms with van der Waals surface area (Å²) in [4.78, 5) is 11.2. The summed E-state index contributed by atoms with van der Waals surface area (Å²) in [7, 11) is 0. The molecule has 0 radical (unpaired) electrons. The molecule has 0 atom stereocenters. The van der Waals surface area contributed by atoms with E-state index in [2.05, 4.69) is 21.4 Å². The van der Waals surface area contributed by atoms with Gasteiger partial charge in [-0.2, -0.15) is 0 Å². The minimum absolute atomic E-state index is 0.224. The number of rotatable bonds is 4. The van der Waals surface area contributed by atoms with Gasteiger partial charge in [0.1, 0.15) is 0 Å². The Kier molecular flexibility index (Phi) is 4.58. The second kappa shape index (κ2) is 5.72. The van der Waals surface area contributed by atoms with Crippen LogP contribution in [-0.2, 0) is 16.0 Å². The van der Waals surface area contributed by atoms with Gasteiger partial charge in [0, 0.05) is 4.47 Å². The van der Waals surface area contributed by atoms with Crippen LogP contribution < -0.4 is 11.3 Å². The van der Waals surface area contributed by atoms with E-state index < -0.39 is 0 Å². The summed E-state index contributed by atoms with van der Waals surface area (Å²) in [6.07, 6.45) is 0.275. The third-order valence-electron chi connectivity index (χ3n) is 1.84. The number of nitrogens with two attached hydrogens (primary N) is 1. The Balaban J connectivity index is 2.71. The average molecular weight is 273 g/mol. The summed E-state index contributed by atoms with van der Waals surface area (Å²) < 4.78 is 5.67. The van der Waals surface area contributed by atoms with Gasteiger partial charge in [0.2, 0.25) is 0 Å². The van der Waals surface area contributed by atoms with E-state index in [9.17, 15) is 4.79 Å². The van der Waals surface area contributed by atoms with Crippen molar-refractivity contribution >= 4 is 27.6 Å². The molecule has 0 saturated heterocycles. The van der Waals surface area contributed by atoms with Gasteiger partial charge >= 0.3 is 5.97 Å². The van der Waals surface area contributed by atoms with Crippen LogP contribution in [0.2, 0.25) is 0 Å². The fourth-order valence-electron chi connectivity index (χ4n) is 1.16. The van der Waals surface area contributed by atoms with E-state index in [0.717, 1.165) is 15.7 Å². The number of hydrazine groups is 1. The second-order valence-electron chi connectivity index (χ2n) is 2.94. The molecule has 4 nitrogen and oxygen atoms in total. The summed E-state index contributed by atoms with van der Waals surface area (Å²) in [6, 6.07) is 5.47. The minimum Gasteiger partial charge on any atom is -0.466 e. The summed E-state index contributed by atoms with van der Waals surface area (Å²) in [5.74, 6) is 5.05. The molecule has 0 aromatic heterocycles. The lowest BCUT2D eigenvalue weighted by molar-refractivity contribution is -0.142. The number of nitrogens with one attached hydrogen (secondary N) is 1. The van der Waals surface area contributed by atoms with Crippen LogP contribution in [0.3, 0.4) is 0 Å². The molecular formula is C10H13BrN2O2. The van der Waals surface area contributed by atoms with E-state index in [1.807, 2.05) is 12.1 Å². The largest absolute Gasteiger partial charge is 0.466 e. The monoisotopic (exact) mass is 272 g/mol. The number of hydrogen-bond donors (Lipinski definition) is 2. The Morgan fingerprint density at radius 3 is 2.87 bits per heavy atom. The number of esters is 1. The number of halogens is 1. The van der Waals surface area contributed by atoms with Crippen LogP contribution in [0.4, 0.5) is 5.69 Å². The van der Waals surface area contributed by atoms with Crippen molar-refractivity contribution in [1.82, 2.24) is 0 Å². The molecule has 1 aromatic rings. The van der Waals surface area contributed by atoms with E-state index >= 15 is 0 Å². The van der Waals surface area contributed by atoms with E-state index in [1.165, 1.54) is 0 Å². The highest BCUT2D eigenvalue weighted by atomic mass is 79.9. The van der Waals surface area contributed by atoms with E-state index in [4.69, 9.17) is 10.6 Å². The number of hydrogen-bond acceptors (Lipinski definition) is 4. The minimum atomic E-state index is -0.224. The van der Waals surface area contributed by atoms with Gasteiger partial charge in [-0.3, -0.25) is 10.6 Å². The molecular weight excluding hydrogens is 260 g/mol. The van der Waals surface area contributed by atoms with Crippen molar-refractivity contribution in [1.29, 1.82) is 0 Å². The molecule has 1 aromatic carbocycles. The van der Waals surface area contributed by atoms with Crippen LogP contribution in [0.25, 0.3) is 0 Å². The van der Waals surface area contributed by atoms with Gasteiger partial charge in [0.15, 0.2) is 0 Å². The first-order valence-electron chi connectivity index (χ1n) is 4.58. The first-order chi connectivity index (χ1) is 7.17. The molecule has 0 aliphatic heterocycles. The quantitative estimate of drug-likeness (QED) is 0.499. The molecule has 0 aliphatic rings. The summed E-state index contributed by atoms with van der Waals surface area (Å²) in [6.45, 7) is 2.19. The molecule has 82 valence electrons. The van der Waals surface area contributed by atoms with Gasteiger partial charge in [-0.15, -0.1) is 0 Å². The van der Waals surface area contributed by atoms with Crippen molar-refractivity contribution in [3.05, 3.63) is 28.2 Å². The Hall–Kier alpha value is -1.07. The number of anilines is 1. The van der Waals surface area contributed by atoms with Gasteiger partial charge in [-0.05, 0) is 40.5 Å². The van der Waals surface area contributed by atoms with Gasteiger partial charge < -0.3 is 10.2 Å². The number of benzene rings is 1. The van der Waals surface area contributed by atoms with Crippen molar-refractivity contribution in [3.8, 4) is 0 Å². The van der Waals surface area contributed by atoms with Crippen molar-refractivity contribution in [2.75, 3.05) is 12.0 Å². The third kappa shape index (κ3) is 3.53. The van der Waals surface area contributed by atoms with Crippen LogP contribution in [0.5, 0.6) is 0 Å². The molecule has 0 saturated carbocycles. The predicted molar refractivity (Wildman–Crippen MR) is 62.3 cm³/mol. The second-order valence-corrected chi connectivity index (χ2v) is 3.79. The normalized spacial score (nSPS) is 9.80. The molecule has 0 bridgehead atoms. The molecule has 1 rings (SSSR count). The third-order valence-corrected chi connectivity index (χ3v) is 2.50. The zero-order chi connectivity index (χ0) is 11.3. The maximum absolute atomic E-state index is 11.2. The van der Waals surface area contributed by atoms with Crippen molar-refractivity contribution in [2.45, 2.75) is 13.3 Å². The van der Waals surface area contributed by atoms with Crippen molar-refractivity contribution in [3.63, 3.8) is 0 Å². The maximum Gasteiger partial charge on any atom is 0.310 e. The van der Waals surface area contributed by atoms with Crippen molar-refractivity contribution < 1.29 is 9.53 Å². The molecule has 0 heterocycles. The number of nitrogen functional groups attached to an aromatic ring is 1. The highest BCUT2D eigenvalue weighted by Crippen LogP contribution is 2.22. The Morgan fingerprint density at radius 2 is 2.33 bits per heavy atom. The summed E-state index contributed by atoms with van der Waals surface area (Å²) in [5, 5.41) is 0. The van der Waals surface area contributed by atoms with E-state index in [-0.39, 0.29) is 12.4 Å². The number of carbonyl (C=O) groups excluding carboxylic acids is 1. The summed E-state index contributed by atoms with van der Waals surface area (Å²) in [5.41, 5.74) is 4.21. The van der Waals surface area contributed by atoms with E-state index in [1.54, 1.807) is 13.0 Å². The van der Waals surface area contributed by atoms with Gasteiger partial charge in [-0.25, -0.2) is 0 Å². The average Bonchev–Trinajstić information content (AvgIpc) is 2.18. The Morgan fingerprint density at radius 1 is 1.60 bits per heavy atom. The predicted octanol–water partition coefficient (Wildman–Crippen LogP) is 1.84. The Labute approximate surface area is 96.9 Å². The maximum atomic E-state index is 11.2. The summed E-state index contributed by atoms with van der Waals surface area (Å²) >= 11 is 3.34. The smallest absolute Gasteiger partial charge is 0.310 e. The number of ether oxygens (including phenoxy) is 1. The van der Waals surface area contributed by atoms with Crippen LogP contribution in [-0.4, -0.2) is 12.6 Å². The zero-order valence-corrected chi connectivity index (χ0v) is 10.0. The van der Waals surface area contributed by atoms with Crippen LogP contribution in [0.1, 0.15) is 12.5 Å². The van der Waals surface area contributed by atoms with Crippen LogP contribution >= 0.6 is 15.9 Å². The molecule has 5 heteroatoms. The van der Waals surface area contributed by atoms with Gasteiger partial charge in [0.05, 0.1) is 18.7 Å². The highest BCUT2D eigenvalue weighted by molar-refractivity contribution is 9.10. The molecule has 3 N–H and O–H groups in total. The lowest BCUT2D eigenvalue weighted by Gasteiger charge is -2.06. The molecule has 0 aliphatic carbocycles.